The van der Waals surface area contributed by atoms with Crippen molar-refractivity contribution in [3.8, 4) is 0 Å². The molecule has 1 unspecified atom stereocenters. The number of carbonyl (C=O) groups excluding carboxylic acids is 1. The zero-order valence-electron chi connectivity index (χ0n) is 14.9. The Morgan fingerprint density at radius 1 is 1.24 bits per heavy atom. The Bertz CT molecular complexity index is 690. The summed E-state index contributed by atoms with van der Waals surface area (Å²) in [4.78, 5) is 12.4. The summed E-state index contributed by atoms with van der Waals surface area (Å²) in [7, 11) is -3.76. The van der Waals surface area contributed by atoms with Crippen LogP contribution in [0.25, 0.3) is 0 Å². The molecule has 0 bridgehead atoms. The van der Waals surface area contributed by atoms with Gasteiger partial charge in [0, 0.05) is 5.69 Å². The molecule has 0 aliphatic carbocycles. The van der Waals surface area contributed by atoms with E-state index in [-0.39, 0.29) is 10.8 Å². The second kappa shape index (κ2) is 7.61. The van der Waals surface area contributed by atoms with Crippen LogP contribution in [0.2, 0.25) is 0 Å². The third-order valence-corrected chi connectivity index (χ3v) is 6.11. The maximum Gasteiger partial charge on any atom is 0.408 e. The van der Waals surface area contributed by atoms with Gasteiger partial charge in [0.05, 0.1) is 4.90 Å². The van der Waals surface area contributed by atoms with Crippen LogP contribution in [0.15, 0.2) is 29.2 Å². The van der Waals surface area contributed by atoms with Crippen LogP contribution in [0, 0.1) is 5.92 Å². The summed E-state index contributed by atoms with van der Waals surface area (Å²) < 4.78 is 31.5. The molecular weight excluding hydrogens is 342 g/mol. The molecule has 1 heterocycles. The lowest BCUT2D eigenvalue weighted by molar-refractivity contribution is 0.0503. The number of sulfone groups is 1. The first-order chi connectivity index (χ1) is 11.6. The standard InChI is InChI=1S/C17H27N3O4S/c1-17(2,3)24-16(21)20-15(12-8-10-19-11-9-12)25(22,23)14-6-4-13(18)5-7-14/h4-7,12,15,19H,8-11,18H2,1-3H3,(H,20,21). The van der Waals surface area contributed by atoms with Gasteiger partial charge >= 0.3 is 6.09 Å². The Hall–Kier alpha value is -1.80. The molecule has 8 heteroatoms. The van der Waals surface area contributed by atoms with Crippen LogP contribution in [0.5, 0.6) is 0 Å². The zero-order valence-corrected chi connectivity index (χ0v) is 15.7. The van der Waals surface area contributed by atoms with E-state index in [0.717, 1.165) is 0 Å². The normalized spacial score (nSPS) is 17.7. The maximum absolute atomic E-state index is 13.1. The lowest BCUT2D eigenvalue weighted by atomic mass is 9.98. The first-order valence-electron chi connectivity index (χ1n) is 8.39. The summed E-state index contributed by atoms with van der Waals surface area (Å²) in [5.41, 5.74) is 5.43. The first-order valence-corrected chi connectivity index (χ1v) is 9.94. The molecule has 1 aromatic rings. The van der Waals surface area contributed by atoms with Gasteiger partial charge in [0.1, 0.15) is 11.0 Å². The minimum absolute atomic E-state index is 0.140. The van der Waals surface area contributed by atoms with E-state index in [1.807, 2.05) is 0 Å². The monoisotopic (exact) mass is 369 g/mol. The van der Waals surface area contributed by atoms with E-state index in [9.17, 15) is 13.2 Å². The number of alkyl carbamates (subject to hydrolysis) is 1. The molecular formula is C17H27N3O4S. The lowest BCUT2D eigenvalue weighted by Gasteiger charge is -2.31. The van der Waals surface area contributed by atoms with Crippen LogP contribution in [0.3, 0.4) is 0 Å². The largest absolute Gasteiger partial charge is 0.444 e. The van der Waals surface area contributed by atoms with Gasteiger partial charge in [-0.3, -0.25) is 0 Å². The van der Waals surface area contributed by atoms with Crippen molar-refractivity contribution in [1.29, 1.82) is 0 Å². The van der Waals surface area contributed by atoms with Crippen LogP contribution < -0.4 is 16.4 Å². The van der Waals surface area contributed by atoms with Crippen molar-refractivity contribution >= 4 is 21.6 Å². The number of nitrogen functional groups attached to an aromatic ring is 1. The summed E-state index contributed by atoms with van der Waals surface area (Å²) in [5, 5.41) is 4.76. The van der Waals surface area contributed by atoms with E-state index in [1.54, 1.807) is 32.9 Å². The lowest BCUT2D eigenvalue weighted by Crippen LogP contribution is -2.50. The predicted molar refractivity (Wildman–Crippen MR) is 96.8 cm³/mol. The molecule has 1 atom stereocenters. The Morgan fingerprint density at radius 2 is 1.80 bits per heavy atom. The van der Waals surface area contributed by atoms with Gasteiger partial charge in [0.25, 0.3) is 0 Å². The molecule has 0 spiro atoms. The van der Waals surface area contributed by atoms with Gasteiger partial charge in [0.15, 0.2) is 9.84 Å². The number of ether oxygens (including phenoxy) is 1. The fourth-order valence-corrected chi connectivity index (χ4v) is 4.66. The Labute approximate surface area is 149 Å². The van der Waals surface area contributed by atoms with Crippen molar-refractivity contribution in [2.45, 2.75) is 49.5 Å². The van der Waals surface area contributed by atoms with Gasteiger partial charge in [-0.2, -0.15) is 0 Å². The van der Waals surface area contributed by atoms with Crippen LogP contribution in [0.1, 0.15) is 33.6 Å². The van der Waals surface area contributed by atoms with Crippen molar-refractivity contribution < 1.29 is 17.9 Å². The van der Waals surface area contributed by atoms with Gasteiger partial charge in [-0.15, -0.1) is 0 Å². The molecule has 1 fully saturated rings. The number of benzene rings is 1. The van der Waals surface area contributed by atoms with Gasteiger partial charge in [-0.25, -0.2) is 13.2 Å². The number of hydrogen-bond acceptors (Lipinski definition) is 6. The molecule has 140 valence electrons. The summed E-state index contributed by atoms with van der Waals surface area (Å²) in [6.07, 6.45) is 0.596. The molecule has 1 aliphatic rings. The average molecular weight is 369 g/mol. The first kappa shape index (κ1) is 19.5. The summed E-state index contributed by atoms with van der Waals surface area (Å²) >= 11 is 0. The molecule has 1 saturated heterocycles. The van der Waals surface area contributed by atoms with E-state index in [1.165, 1.54) is 12.1 Å². The highest BCUT2D eigenvalue weighted by Gasteiger charge is 2.37. The van der Waals surface area contributed by atoms with Crippen molar-refractivity contribution in [2.75, 3.05) is 18.8 Å². The molecule has 25 heavy (non-hydrogen) atoms. The number of amides is 1. The third-order valence-electron chi connectivity index (χ3n) is 4.01. The number of carbonyl (C=O) groups is 1. The number of anilines is 1. The molecule has 1 amide bonds. The molecule has 7 nitrogen and oxygen atoms in total. The minimum Gasteiger partial charge on any atom is -0.444 e. The molecule has 0 saturated carbocycles. The predicted octanol–water partition coefficient (Wildman–Crippen LogP) is 1.89. The Kier molecular flexibility index (Phi) is 5.95. The van der Waals surface area contributed by atoms with Crippen molar-refractivity contribution in [3.63, 3.8) is 0 Å². The van der Waals surface area contributed by atoms with Crippen LogP contribution in [0.4, 0.5) is 10.5 Å². The minimum atomic E-state index is -3.76. The van der Waals surface area contributed by atoms with Crippen LogP contribution in [-0.2, 0) is 14.6 Å². The van der Waals surface area contributed by atoms with E-state index < -0.39 is 26.9 Å². The number of nitrogens with two attached hydrogens (primary N) is 1. The second-order valence-corrected chi connectivity index (χ2v) is 9.34. The molecule has 2 rings (SSSR count). The fraction of sp³-hybridized carbons (Fsp3) is 0.588. The van der Waals surface area contributed by atoms with Crippen molar-refractivity contribution in [1.82, 2.24) is 10.6 Å². The van der Waals surface area contributed by atoms with Gasteiger partial charge < -0.3 is 21.1 Å². The summed E-state index contributed by atoms with van der Waals surface area (Å²) in [5.74, 6) is -0.184. The fourth-order valence-electron chi connectivity index (χ4n) is 2.82. The topological polar surface area (TPSA) is 111 Å². The molecule has 0 aromatic heterocycles. The summed E-state index contributed by atoms with van der Waals surface area (Å²) in [6.45, 7) is 6.64. The van der Waals surface area contributed by atoms with Crippen molar-refractivity contribution in [3.05, 3.63) is 24.3 Å². The van der Waals surface area contributed by atoms with Gasteiger partial charge in [-0.1, -0.05) is 0 Å². The highest BCUT2D eigenvalue weighted by molar-refractivity contribution is 7.92. The van der Waals surface area contributed by atoms with E-state index in [0.29, 0.717) is 31.6 Å². The highest BCUT2D eigenvalue weighted by Crippen LogP contribution is 2.26. The van der Waals surface area contributed by atoms with E-state index in [4.69, 9.17) is 10.5 Å². The molecule has 1 aliphatic heterocycles. The third kappa shape index (κ3) is 5.34. The van der Waals surface area contributed by atoms with Crippen molar-refractivity contribution in [2.24, 2.45) is 5.92 Å². The van der Waals surface area contributed by atoms with E-state index >= 15 is 0 Å². The zero-order chi connectivity index (χ0) is 18.7. The van der Waals surface area contributed by atoms with Gasteiger partial charge in [-0.05, 0) is 76.9 Å². The number of hydrogen-bond donors (Lipinski definition) is 3. The highest BCUT2D eigenvalue weighted by atomic mass is 32.2. The number of nitrogens with one attached hydrogen (secondary N) is 2. The maximum atomic E-state index is 13.1. The average Bonchev–Trinajstić information content (AvgIpc) is 2.52. The van der Waals surface area contributed by atoms with Gasteiger partial charge in [0.2, 0.25) is 0 Å². The van der Waals surface area contributed by atoms with Crippen LogP contribution >= 0.6 is 0 Å². The number of rotatable bonds is 4. The Balaban J connectivity index is 2.29. The van der Waals surface area contributed by atoms with Crippen LogP contribution in [-0.4, -0.2) is 38.6 Å². The second-order valence-electron chi connectivity index (χ2n) is 7.27. The number of piperidine rings is 1. The molecule has 0 radical (unpaired) electrons. The quantitative estimate of drug-likeness (QED) is 0.699. The Morgan fingerprint density at radius 3 is 2.32 bits per heavy atom. The SMILES string of the molecule is CC(C)(C)OC(=O)NC(C1CCNCC1)S(=O)(=O)c1ccc(N)cc1. The van der Waals surface area contributed by atoms with E-state index in [2.05, 4.69) is 10.6 Å². The molecule has 1 aromatic carbocycles. The smallest absolute Gasteiger partial charge is 0.408 e. The molecule has 4 N–H and O–H groups in total. The summed E-state index contributed by atoms with van der Waals surface area (Å²) in [6, 6.07) is 6.02.